The second-order valence-corrected chi connectivity index (χ2v) is 12.2. The number of benzene rings is 3. The van der Waals surface area contributed by atoms with Gasteiger partial charge in [0, 0.05) is 41.9 Å². The molecular weight excluding hydrogens is 640 g/mol. The second kappa shape index (κ2) is 12.7. The molecule has 2 amide bonds. The number of anilines is 2. The fourth-order valence-electron chi connectivity index (χ4n) is 6.74. The van der Waals surface area contributed by atoms with Crippen molar-refractivity contribution in [3.63, 3.8) is 0 Å². The van der Waals surface area contributed by atoms with E-state index in [9.17, 15) is 14.7 Å². The monoisotopic (exact) mass is 672 g/mol. The summed E-state index contributed by atoms with van der Waals surface area (Å²) in [5, 5.41) is 10.0. The van der Waals surface area contributed by atoms with Crippen LogP contribution in [0.25, 0.3) is 16.8 Å². The minimum atomic E-state index is -0.281. The van der Waals surface area contributed by atoms with Crippen LogP contribution in [-0.4, -0.2) is 44.0 Å². The van der Waals surface area contributed by atoms with Gasteiger partial charge in [-0.15, -0.1) is 12.4 Å². The number of carbonyl (C=O) groups is 2. The molecular formula is C39H33ClN4O5. The summed E-state index contributed by atoms with van der Waals surface area (Å²) in [7, 11) is 0. The number of hydrogen-bond donors (Lipinski definition) is 1. The number of fused-ring (bicyclic) bond motifs is 3. The molecule has 0 saturated heterocycles. The summed E-state index contributed by atoms with van der Waals surface area (Å²) in [5.41, 5.74) is 7.22. The van der Waals surface area contributed by atoms with Crippen LogP contribution < -0.4 is 14.4 Å². The van der Waals surface area contributed by atoms with E-state index in [1.807, 2.05) is 71.0 Å². The van der Waals surface area contributed by atoms with Crippen LogP contribution in [0.15, 0.2) is 109 Å². The Bertz CT molecular complexity index is 2230. The molecule has 246 valence electrons. The van der Waals surface area contributed by atoms with E-state index < -0.39 is 0 Å². The second-order valence-electron chi connectivity index (χ2n) is 12.2. The van der Waals surface area contributed by atoms with Gasteiger partial charge in [0.25, 0.3) is 11.8 Å². The van der Waals surface area contributed by atoms with Crippen LogP contribution in [0.4, 0.5) is 11.4 Å². The van der Waals surface area contributed by atoms with Crippen molar-refractivity contribution < 1.29 is 24.2 Å². The lowest BCUT2D eigenvalue weighted by molar-refractivity contribution is 0.0658. The lowest BCUT2D eigenvalue weighted by atomic mass is 9.93. The first-order valence-electron chi connectivity index (χ1n) is 15.8. The summed E-state index contributed by atoms with van der Waals surface area (Å²) in [6.07, 6.45) is 4.32. The van der Waals surface area contributed by atoms with Gasteiger partial charge in [0.15, 0.2) is 11.5 Å². The van der Waals surface area contributed by atoms with E-state index in [2.05, 4.69) is 24.0 Å². The number of halogens is 1. The van der Waals surface area contributed by atoms with Crippen LogP contribution in [0.3, 0.4) is 0 Å². The van der Waals surface area contributed by atoms with Crippen LogP contribution in [0.5, 0.6) is 17.2 Å². The molecule has 6 aromatic rings. The number of hydrogen-bond acceptors (Lipinski definition) is 6. The minimum Gasteiger partial charge on any atom is -0.508 e. The highest BCUT2D eigenvalue weighted by Gasteiger charge is 2.32. The number of pyridine rings is 2. The Kier molecular flexibility index (Phi) is 8.22. The standard InChI is InChI=1S/C39H32N4O5.ClH/c1-24-17-29(14-15-40-24)43(28-10-12-30(44)13-11-28)39(46)33-19-35(41-16-6-5-9-34(33)41)31-20-36-37(48-23-47-36)21-32(31)38(45)42-22-27-8-4-3-7-26(27)18-25(42)2;/h3-17,19-21,25,44H,18,22-23H2,1-2H3;1H/t25-;/m1./s1. The van der Waals surface area contributed by atoms with Crippen LogP contribution >= 0.6 is 12.4 Å². The molecule has 49 heavy (non-hydrogen) atoms. The smallest absolute Gasteiger partial charge is 0.265 e. The highest BCUT2D eigenvalue weighted by molar-refractivity contribution is 6.16. The first-order valence-corrected chi connectivity index (χ1v) is 15.8. The van der Waals surface area contributed by atoms with E-state index in [1.54, 1.807) is 47.5 Å². The molecule has 2 aliphatic heterocycles. The molecule has 9 nitrogen and oxygen atoms in total. The first kappa shape index (κ1) is 31.8. The average molecular weight is 673 g/mol. The fraction of sp³-hybridized carbons (Fsp3) is 0.154. The normalized spacial score (nSPS) is 14.7. The van der Waals surface area contributed by atoms with Crippen molar-refractivity contribution in [1.29, 1.82) is 0 Å². The number of nitrogens with zero attached hydrogens (tertiary/aromatic N) is 4. The third kappa shape index (κ3) is 5.62. The van der Waals surface area contributed by atoms with Gasteiger partial charge < -0.3 is 23.9 Å². The zero-order chi connectivity index (χ0) is 32.9. The maximum atomic E-state index is 14.7. The van der Waals surface area contributed by atoms with Crippen LogP contribution in [0.1, 0.15) is 44.5 Å². The summed E-state index contributed by atoms with van der Waals surface area (Å²) >= 11 is 0. The first-order chi connectivity index (χ1) is 23.4. The summed E-state index contributed by atoms with van der Waals surface area (Å²) in [4.78, 5) is 37.1. The minimum absolute atomic E-state index is 0. The Morgan fingerprint density at radius 1 is 0.857 bits per heavy atom. The van der Waals surface area contributed by atoms with Crippen LogP contribution in [0, 0.1) is 6.92 Å². The molecule has 2 aliphatic rings. The molecule has 0 spiro atoms. The molecule has 0 bridgehead atoms. The van der Waals surface area contributed by atoms with Gasteiger partial charge in [-0.25, -0.2) is 0 Å². The van der Waals surface area contributed by atoms with E-state index in [4.69, 9.17) is 9.47 Å². The summed E-state index contributed by atoms with van der Waals surface area (Å²) < 4.78 is 13.5. The van der Waals surface area contributed by atoms with Crippen LogP contribution in [-0.2, 0) is 13.0 Å². The molecule has 8 rings (SSSR count). The molecule has 0 fully saturated rings. The average Bonchev–Trinajstić information content (AvgIpc) is 3.73. The highest BCUT2D eigenvalue weighted by Crippen LogP contribution is 2.42. The van der Waals surface area contributed by atoms with Crippen molar-refractivity contribution in [2.75, 3.05) is 11.7 Å². The molecule has 3 aromatic heterocycles. The SMILES string of the molecule is Cc1cc(N(C(=O)c2cc(-c3cc4c(cc3C(=O)N3Cc5ccccc5C[C@H]3C)OCO4)n3ccccc23)c2ccc(O)cc2)ccn1.Cl. The van der Waals surface area contributed by atoms with E-state index in [-0.39, 0.29) is 42.8 Å². The molecule has 3 aromatic carbocycles. The lowest BCUT2D eigenvalue weighted by Crippen LogP contribution is -2.42. The van der Waals surface area contributed by atoms with Crippen LogP contribution in [0.2, 0.25) is 0 Å². The van der Waals surface area contributed by atoms with E-state index in [0.29, 0.717) is 57.3 Å². The Morgan fingerprint density at radius 3 is 2.37 bits per heavy atom. The molecule has 1 atom stereocenters. The largest absolute Gasteiger partial charge is 0.508 e. The zero-order valence-corrected chi connectivity index (χ0v) is 27.7. The summed E-state index contributed by atoms with van der Waals surface area (Å²) in [6.45, 7) is 4.50. The number of carbonyl (C=O) groups excluding carboxylic acids is 2. The number of phenols is 1. The van der Waals surface area contributed by atoms with Gasteiger partial charge in [0.2, 0.25) is 6.79 Å². The van der Waals surface area contributed by atoms with E-state index >= 15 is 0 Å². The predicted octanol–water partition coefficient (Wildman–Crippen LogP) is 7.73. The van der Waals surface area contributed by atoms with Crippen molar-refractivity contribution >= 4 is 41.1 Å². The van der Waals surface area contributed by atoms with Crippen molar-refractivity contribution in [3.05, 3.63) is 137 Å². The number of ether oxygens (including phenoxy) is 2. The van der Waals surface area contributed by atoms with Gasteiger partial charge in [-0.2, -0.15) is 0 Å². The number of aryl methyl sites for hydroxylation is 1. The number of amides is 2. The predicted molar refractivity (Wildman–Crippen MR) is 189 cm³/mol. The Hall–Kier alpha value is -5.80. The van der Waals surface area contributed by atoms with Gasteiger partial charge in [0.05, 0.1) is 28.0 Å². The number of rotatable bonds is 5. The van der Waals surface area contributed by atoms with Gasteiger partial charge in [-0.1, -0.05) is 30.3 Å². The van der Waals surface area contributed by atoms with Crippen molar-refractivity contribution in [3.8, 4) is 28.5 Å². The molecule has 0 aliphatic carbocycles. The molecule has 1 N–H and O–H groups in total. The molecule has 10 heteroatoms. The number of phenolic OH excluding ortho intramolecular Hbond substituents is 1. The van der Waals surface area contributed by atoms with Crippen molar-refractivity contribution in [2.45, 2.75) is 32.9 Å². The third-order valence-corrected chi connectivity index (χ3v) is 9.14. The molecule has 5 heterocycles. The summed E-state index contributed by atoms with van der Waals surface area (Å²) in [6, 6.07) is 29.5. The zero-order valence-electron chi connectivity index (χ0n) is 26.9. The Labute approximate surface area is 289 Å². The van der Waals surface area contributed by atoms with E-state index in [1.165, 1.54) is 5.56 Å². The highest BCUT2D eigenvalue weighted by atomic mass is 35.5. The van der Waals surface area contributed by atoms with Gasteiger partial charge in [0.1, 0.15) is 5.75 Å². The molecule has 0 saturated carbocycles. The maximum absolute atomic E-state index is 14.7. The van der Waals surface area contributed by atoms with E-state index in [0.717, 1.165) is 17.7 Å². The number of aromatic nitrogens is 2. The fourth-order valence-corrected chi connectivity index (χ4v) is 6.74. The van der Waals surface area contributed by atoms with Gasteiger partial charge in [-0.3, -0.25) is 19.5 Å². The molecule has 0 unspecified atom stereocenters. The van der Waals surface area contributed by atoms with Crippen molar-refractivity contribution in [2.24, 2.45) is 0 Å². The Morgan fingerprint density at radius 2 is 1.59 bits per heavy atom. The summed E-state index contributed by atoms with van der Waals surface area (Å²) in [5.74, 6) is 0.740. The quantitative estimate of drug-likeness (QED) is 0.201. The third-order valence-electron chi connectivity index (χ3n) is 9.14. The lowest BCUT2D eigenvalue weighted by Gasteiger charge is -2.35. The van der Waals surface area contributed by atoms with Gasteiger partial charge >= 0.3 is 0 Å². The topological polar surface area (TPSA) is 96.6 Å². The van der Waals surface area contributed by atoms with Gasteiger partial charge in [-0.05, 0) is 98.1 Å². The number of aromatic hydroxyl groups is 1. The molecule has 0 radical (unpaired) electrons. The van der Waals surface area contributed by atoms with Crippen molar-refractivity contribution in [1.82, 2.24) is 14.3 Å². The maximum Gasteiger partial charge on any atom is 0.265 e. The Balaban J connectivity index is 0.00000378.